The molecule has 1 heterocycles. The van der Waals surface area contributed by atoms with Crippen molar-refractivity contribution in [3.63, 3.8) is 0 Å². The van der Waals surface area contributed by atoms with Gasteiger partial charge in [0.1, 0.15) is 29.6 Å². The summed E-state index contributed by atoms with van der Waals surface area (Å²) in [6, 6.07) is 16.4. The number of ether oxygens (including phenoxy) is 3. The van der Waals surface area contributed by atoms with Gasteiger partial charge in [-0.3, -0.25) is 9.69 Å². The Morgan fingerprint density at radius 2 is 1.53 bits per heavy atom. The molecule has 8 nitrogen and oxygen atoms in total. The first kappa shape index (κ1) is 35.3. The Bertz CT molecular complexity index is 1610. The summed E-state index contributed by atoms with van der Waals surface area (Å²) >= 11 is 0. The molecule has 1 atom stereocenters. The van der Waals surface area contributed by atoms with Crippen LogP contribution in [0, 0.1) is 0 Å². The van der Waals surface area contributed by atoms with Crippen molar-refractivity contribution in [2.24, 2.45) is 0 Å². The fourth-order valence-electron chi connectivity index (χ4n) is 5.16. The van der Waals surface area contributed by atoms with Crippen molar-refractivity contribution in [2.45, 2.75) is 84.4 Å². The van der Waals surface area contributed by atoms with Crippen LogP contribution in [0.2, 0.25) is 0 Å². The summed E-state index contributed by atoms with van der Waals surface area (Å²) in [4.78, 5) is 42.1. The fourth-order valence-corrected chi connectivity index (χ4v) is 5.16. The molecule has 0 saturated heterocycles. The lowest BCUT2D eigenvalue weighted by atomic mass is 9.97. The van der Waals surface area contributed by atoms with Gasteiger partial charge in [0.15, 0.2) is 0 Å². The van der Waals surface area contributed by atoms with Gasteiger partial charge >= 0.3 is 18.2 Å². The van der Waals surface area contributed by atoms with E-state index in [0.29, 0.717) is 35.5 Å². The van der Waals surface area contributed by atoms with Crippen molar-refractivity contribution in [2.75, 3.05) is 18.5 Å². The standard InChI is InChI=1S/C36H41F3N2O6/c1-34(2,3)46-32(43)30(40(7)33(44)47-35(4,5)6)21-31(42)41-18-17-25-20-26(14-16-29(25)41)45-22-23-13-15-27(24-11-9-8-10-12-24)28(19-23)36(37,38)39/h8-16,19-20,30H,17-18,21-22H2,1-7H3. The number of alkyl halides is 3. The van der Waals surface area contributed by atoms with E-state index in [1.165, 1.54) is 18.0 Å². The number of hydrogen-bond acceptors (Lipinski definition) is 6. The van der Waals surface area contributed by atoms with Gasteiger partial charge < -0.3 is 19.1 Å². The van der Waals surface area contributed by atoms with Crippen LogP contribution in [0.15, 0.2) is 66.7 Å². The highest BCUT2D eigenvalue weighted by molar-refractivity contribution is 5.99. The van der Waals surface area contributed by atoms with E-state index in [0.717, 1.165) is 16.5 Å². The molecule has 252 valence electrons. The van der Waals surface area contributed by atoms with Crippen LogP contribution >= 0.6 is 0 Å². The van der Waals surface area contributed by atoms with E-state index < -0.39 is 41.0 Å². The second-order valence-corrected chi connectivity index (χ2v) is 13.5. The lowest BCUT2D eigenvalue weighted by molar-refractivity contribution is -0.161. The number of carbonyl (C=O) groups excluding carboxylic acids is 3. The summed E-state index contributed by atoms with van der Waals surface area (Å²) < 4.78 is 58.7. The van der Waals surface area contributed by atoms with Crippen LogP contribution in [-0.2, 0) is 38.3 Å². The highest BCUT2D eigenvalue weighted by Crippen LogP contribution is 2.38. The molecule has 1 unspecified atom stereocenters. The zero-order chi connectivity index (χ0) is 34.7. The number of carbonyl (C=O) groups is 3. The molecule has 4 rings (SSSR count). The highest BCUT2D eigenvalue weighted by atomic mass is 19.4. The summed E-state index contributed by atoms with van der Waals surface area (Å²) in [5, 5.41) is 0. The van der Waals surface area contributed by atoms with Gasteiger partial charge in [0.25, 0.3) is 0 Å². The third-order valence-electron chi connectivity index (χ3n) is 7.32. The maximum Gasteiger partial charge on any atom is 0.417 e. The van der Waals surface area contributed by atoms with E-state index in [-0.39, 0.29) is 24.5 Å². The Hall–Kier alpha value is -4.54. The van der Waals surface area contributed by atoms with Gasteiger partial charge in [-0.25, -0.2) is 9.59 Å². The summed E-state index contributed by atoms with van der Waals surface area (Å²) in [7, 11) is 1.39. The number of anilines is 1. The topological polar surface area (TPSA) is 85.4 Å². The SMILES string of the molecule is CN(C(=O)OC(C)(C)C)C(CC(=O)N1CCc2cc(OCc3ccc(-c4ccccc4)c(C(F)(F)F)c3)ccc21)C(=O)OC(C)(C)C. The van der Waals surface area contributed by atoms with Crippen LogP contribution < -0.4 is 9.64 Å². The number of benzene rings is 3. The molecule has 0 saturated carbocycles. The first-order valence-corrected chi connectivity index (χ1v) is 15.3. The van der Waals surface area contributed by atoms with Crippen molar-refractivity contribution >= 4 is 23.7 Å². The molecular weight excluding hydrogens is 613 g/mol. The lowest BCUT2D eigenvalue weighted by Crippen LogP contribution is -2.49. The smallest absolute Gasteiger partial charge is 0.417 e. The zero-order valence-corrected chi connectivity index (χ0v) is 27.7. The molecule has 0 aromatic heterocycles. The van der Waals surface area contributed by atoms with Crippen molar-refractivity contribution in [3.8, 4) is 16.9 Å². The molecule has 11 heteroatoms. The van der Waals surface area contributed by atoms with E-state index in [2.05, 4.69) is 0 Å². The maximum absolute atomic E-state index is 13.9. The molecule has 0 radical (unpaired) electrons. The quantitative estimate of drug-likeness (QED) is 0.231. The monoisotopic (exact) mass is 654 g/mol. The van der Waals surface area contributed by atoms with Crippen molar-refractivity contribution in [1.29, 1.82) is 0 Å². The number of amides is 2. The average Bonchev–Trinajstić information content (AvgIpc) is 3.40. The minimum atomic E-state index is -4.55. The molecule has 0 spiro atoms. The minimum absolute atomic E-state index is 0.0891. The molecule has 2 amide bonds. The largest absolute Gasteiger partial charge is 0.489 e. The van der Waals surface area contributed by atoms with Gasteiger partial charge in [-0.2, -0.15) is 13.2 Å². The van der Waals surface area contributed by atoms with Gasteiger partial charge in [-0.1, -0.05) is 42.5 Å². The Labute approximate surface area is 273 Å². The van der Waals surface area contributed by atoms with E-state index in [9.17, 15) is 27.6 Å². The van der Waals surface area contributed by atoms with Crippen LogP contribution in [0.25, 0.3) is 11.1 Å². The molecule has 3 aromatic rings. The molecule has 0 aliphatic carbocycles. The van der Waals surface area contributed by atoms with Crippen LogP contribution in [-0.4, -0.2) is 53.7 Å². The van der Waals surface area contributed by atoms with Crippen LogP contribution in [0.3, 0.4) is 0 Å². The predicted molar refractivity (Wildman–Crippen MR) is 172 cm³/mol. The predicted octanol–water partition coefficient (Wildman–Crippen LogP) is 7.81. The Morgan fingerprint density at radius 1 is 0.872 bits per heavy atom. The van der Waals surface area contributed by atoms with Crippen molar-refractivity contribution in [1.82, 2.24) is 4.90 Å². The van der Waals surface area contributed by atoms with Crippen molar-refractivity contribution < 1.29 is 41.8 Å². The van der Waals surface area contributed by atoms with Crippen molar-refractivity contribution in [3.05, 3.63) is 83.4 Å². The molecule has 0 N–H and O–H groups in total. The highest BCUT2D eigenvalue weighted by Gasteiger charge is 2.38. The number of hydrogen-bond donors (Lipinski definition) is 0. The first-order chi connectivity index (χ1) is 21.8. The number of fused-ring (bicyclic) bond motifs is 1. The van der Waals surface area contributed by atoms with Gasteiger partial charge in [0.05, 0.1) is 12.0 Å². The maximum atomic E-state index is 13.9. The Balaban J connectivity index is 1.48. The van der Waals surface area contributed by atoms with Gasteiger partial charge in [0.2, 0.25) is 5.91 Å². The molecule has 47 heavy (non-hydrogen) atoms. The molecule has 0 bridgehead atoms. The van der Waals surface area contributed by atoms with Gasteiger partial charge in [-0.15, -0.1) is 0 Å². The molecule has 3 aromatic carbocycles. The summed E-state index contributed by atoms with van der Waals surface area (Å²) in [6.45, 7) is 10.4. The molecule has 1 aliphatic heterocycles. The Morgan fingerprint density at radius 3 is 2.15 bits per heavy atom. The summed E-state index contributed by atoms with van der Waals surface area (Å²) in [5.41, 5.74) is -0.0476. The summed E-state index contributed by atoms with van der Waals surface area (Å²) in [5.74, 6) is -0.676. The third kappa shape index (κ3) is 9.27. The number of nitrogens with zero attached hydrogens (tertiary/aromatic N) is 2. The Kier molecular flexibility index (Phi) is 10.3. The number of esters is 1. The van der Waals surface area contributed by atoms with E-state index in [1.54, 1.807) is 96.1 Å². The molecule has 1 aliphatic rings. The summed E-state index contributed by atoms with van der Waals surface area (Å²) in [6.07, 6.45) is -5.14. The van der Waals surface area contributed by atoms with Crippen LogP contribution in [0.4, 0.5) is 23.7 Å². The molecule has 0 fully saturated rings. The lowest BCUT2D eigenvalue weighted by Gasteiger charge is -2.32. The zero-order valence-electron chi connectivity index (χ0n) is 27.7. The average molecular weight is 655 g/mol. The molecular formula is C36H41F3N2O6. The van der Waals surface area contributed by atoms with E-state index in [1.807, 2.05) is 0 Å². The van der Waals surface area contributed by atoms with Gasteiger partial charge in [-0.05, 0) is 94.5 Å². The van der Waals surface area contributed by atoms with Gasteiger partial charge in [0, 0.05) is 19.3 Å². The van der Waals surface area contributed by atoms with Crippen LogP contribution in [0.1, 0.15) is 64.7 Å². The van der Waals surface area contributed by atoms with E-state index in [4.69, 9.17) is 14.2 Å². The second kappa shape index (κ2) is 13.7. The van der Waals surface area contributed by atoms with Crippen LogP contribution in [0.5, 0.6) is 5.75 Å². The number of halogens is 3. The number of rotatable bonds is 8. The normalized spacial score (nSPS) is 13.9. The number of likely N-dealkylation sites (N-methyl/N-ethyl adjacent to an activating group) is 1. The van der Waals surface area contributed by atoms with E-state index >= 15 is 0 Å². The minimum Gasteiger partial charge on any atom is -0.489 e. The fraction of sp³-hybridized carbons (Fsp3) is 0.417. The second-order valence-electron chi connectivity index (χ2n) is 13.5. The first-order valence-electron chi connectivity index (χ1n) is 15.3. The third-order valence-corrected chi connectivity index (χ3v) is 7.32.